The van der Waals surface area contributed by atoms with Crippen molar-refractivity contribution in [2.45, 2.75) is 32.0 Å². The van der Waals surface area contributed by atoms with Crippen LogP contribution in [0.25, 0.3) is 0 Å². The standard InChI is InChI=1S/C13H13BrF3NO3/c1-2-8(6-11(19)20)18-12(21)9-4-3-7(14)5-10(9)13(15,16)17/h3-5,8H,2,6H2,1H3,(H,18,21)(H,19,20). The van der Waals surface area contributed by atoms with Crippen molar-refractivity contribution in [3.63, 3.8) is 0 Å². The van der Waals surface area contributed by atoms with Crippen LogP contribution in [0.15, 0.2) is 22.7 Å². The molecule has 0 radical (unpaired) electrons. The van der Waals surface area contributed by atoms with Gasteiger partial charge in [-0.2, -0.15) is 13.2 Å². The van der Waals surface area contributed by atoms with E-state index in [0.29, 0.717) is 6.42 Å². The second kappa shape index (κ2) is 6.93. The molecular formula is C13H13BrF3NO3. The Morgan fingerprint density at radius 2 is 2.00 bits per heavy atom. The summed E-state index contributed by atoms with van der Waals surface area (Å²) in [6, 6.07) is 2.46. The highest BCUT2D eigenvalue weighted by Crippen LogP contribution is 2.33. The van der Waals surface area contributed by atoms with E-state index in [4.69, 9.17) is 5.11 Å². The number of hydrogen-bond acceptors (Lipinski definition) is 2. The van der Waals surface area contributed by atoms with Crippen LogP contribution in [0.2, 0.25) is 0 Å². The lowest BCUT2D eigenvalue weighted by molar-refractivity contribution is -0.139. The third-order valence-corrected chi connectivity index (χ3v) is 3.27. The molecule has 0 heterocycles. The molecule has 0 aliphatic rings. The van der Waals surface area contributed by atoms with Gasteiger partial charge in [-0.05, 0) is 24.6 Å². The summed E-state index contributed by atoms with van der Waals surface area (Å²) >= 11 is 2.93. The molecule has 1 aromatic rings. The topological polar surface area (TPSA) is 66.4 Å². The van der Waals surface area contributed by atoms with Crippen LogP contribution in [-0.2, 0) is 11.0 Å². The summed E-state index contributed by atoms with van der Waals surface area (Å²) in [6.45, 7) is 1.64. The summed E-state index contributed by atoms with van der Waals surface area (Å²) < 4.78 is 39.0. The van der Waals surface area contributed by atoms with Crippen molar-refractivity contribution in [3.8, 4) is 0 Å². The first-order valence-electron chi connectivity index (χ1n) is 6.04. The van der Waals surface area contributed by atoms with Gasteiger partial charge in [0.15, 0.2) is 0 Å². The number of amides is 1. The van der Waals surface area contributed by atoms with Crippen LogP contribution in [0.3, 0.4) is 0 Å². The van der Waals surface area contributed by atoms with Crippen LogP contribution >= 0.6 is 15.9 Å². The van der Waals surface area contributed by atoms with E-state index in [1.54, 1.807) is 6.92 Å². The Morgan fingerprint density at radius 1 is 1.38 bits per heavy atom. The first kappa shape index (κ1) is 17.5. The molecule has 1 amide bonds. The number of carbonyl (C=O) groups is 2. The molecule has 8 heteroatoms. The van der Waals surface area contributed by atoms with Gasteiger partial charge in [-0.3, -0.25) is 9.59 Å². The highest BCUT2D eigenvalue weighted by Gasteiger charge is 2.35. The minimum Gasteiger partial charge on any atom is -0.481 e. The van der Waals surface area contributed by atoms with Gasteiger partial charge in [0, 0.05) is 10.5 Å². The number of alkyl halides is 3. The largest absolute Gasteiger partial charge is 0.481 e. The zero-order valence-electron chi connectivity index (χ0n) is 11.0. The number of carboxylic acid groups (broad SMARTS) is 1. The lowest BCUT2D eigenvalue weighted by Gasteiger charge is -2.17. The summed E-state index contributed by atoms with van der Waals surface area (Å²) in [5, 5.41) is 11.0. The Kier molecular flexibility index (Phi) is 5.77. The molecule has 0 aliphatic carbocycles. The minimum absolute atomic E-state index is 0.198. The van der Waals surface area contributed by atoms with Crippen molar-refractivity contribution in [2.75, 3.05) is 0 Å². The lowest BCUT2D eigenvalue weighted by Crippen LogP contribution is -2.37. The third-order valence-electron chi connectivity index (χ3n) is 2.78. The summed E-state index contributed by atoms with van der Waals surface area (Å²) in [6.07, 6.45) is -4.72. The molecular weight excluding hydrogens is 355 g/mol. The molecule has 1 rings (SSSR count). The molecule has 116 valence electrons. The van der Waals surface area contributed by atoms with E-state index >= 15 is 0 Å². The fraction of sp³-hybridized carbons (Fsp3) is 0.385. The van der Waals surface area contributed by atoms with Crippen molar-refractivity contribution in [2.24, 2.45) is 0 Å². The van der Waals surface area contributed by atoms with Gasteiger partial charge in [0.1, 0.15) is 0 Å². The average Bonchev–Trinajstić information content (AvgIpc) is 2.36. The van der Waals surface area contributed by atoms with Crippen molar-refractivity contribution in [3.05, 3.63) is 33.8 Å². The number of halogens is 4. The molecule has 1 aromatic carbocycles. The molecule has 0 bridgehead atoms. The SMILES string of the molecule is CCC(CC(=O)O)NC(=O)c1ccc(Br)cc1C(F)(F)F. The second-order valence-electron chi connectivity index (χ2n) is 4.36. The van der Waals surface area contributed by atoms with Gasteiger partial charge in [0.2, 0.25) is 0 Å². The monoisotopic (exact) mass is 367 g/mol. The van der Waals surface area contributed by atoms with Crippen molar-refractivity contribution in [1.29, 1.82) is 0 Å². The van der Waals surface area contributed by atoms with E-state index in [0.717, 1.165) is 12.1 Å². The van der Waals surface area contributed by atoms with Crippen LogP contribution < -0.4 is 5.32 Å². The van der Waals surface area contributed by atoms with Crippen LogP contribution in [0.4, 0.5) is 13.2 Å². The normalized spacial score (nSPS) is 12.8. The summed E-state index contributed by atoms with van der Waals surface area (Å²) in [7, 11) is 0. The average molecular weight is 368 g/mol. The van der Waals surface area contributed by atoms with Gasteiger partial charge in [-0.1, -0.05) is 22.9 Å². The maximum atomic E-state index is 12.9. The second-order valence-corrected chi connectivity index (χ2v) is 5.28. The zero-order valence-corrected chi connectivity index (χ0v) is 12.6. The predicted octanol–water partition coefficient (Wildman–Crippen LogP) is 3.45. The Bertz CT molecular complexity index is 546. The maximum Gasteiger partial charge on any atom is 0.417 e. The van der Waals surface area contributed by atoms with Crippen molar-refractivity contribution in [1.82, 2.24) is 5.32 Å². The molecule has 0 aromatic heterocycles. The zero-order chi connectivity index (χ0) is 16.2. The number of aliphatic carboxylic acids is 1. The molecule has 0 saturated heterocycles. The first-order valence-corrected chi connectivity index (χ1v) is 6.83. The van der Waals surface area contributed by atoms with Crippen LogP contribution in [0.5, 0.6) is 0 Å². The van der Waals surface area contributed by atoms with Gasteiger partial charge in [-0.25, -0.2) is 0 Å². The molecule has 0 spiro atoms. The Hall–Kier alpha value is -1.57. The van der Waals surface area contributed by atoms with E-state index in [9.17, 15) is 22.8 Å². The molecule has 0 aliphatic heterocycles. The smallest absolute Gasteiger partial charge is 0.417 e. The van der Waals surface area contributed by atoms with Gasteiger partial charge < -0.3 is 10.4 Å². The molecule has 21 heavy (non-hydrogen) atoms. The first-order chi connectivity index (χ1) is 9.65. The maximum absolute atomic E-state index is 12.9. The molecule has 1 atom stereocenters. The highest BCUT2D eigenvalue weighted by atomic mass is 79.9. The van der Waals surface area contributed by atoms with E-state index in [2.05, 4.69) is 21.2 Å². The highest BCUT2D eigenvalue weighted by molar-refractivity contribution is 9.10. The van der Waals surface area contributed by atoms with Gasteiger partial charge in [0.25, 0.3) is 5.91 Å². The molecule has 1 unspecified atom stereocenters. The summed E-state index contributed by atoms with van der Waals surface area (Å²) in [4.78, 5) is 22.6. The van der Waals surface area contributed by atoms with Crippen LogP contribution in [0.1, 0.15) is 35.7 Å². The fourth-order valence-electron chi connectivity index (χ4n) is 1.72. The minimum atomic E-state index is -4.68. The van der Waals surface area contributed by atoms with Crippen molar-refractivity contribution >= 4 is 27.8 Å². The molecule has 0 saturated carbocycles. The number of benzene rings is 1. The van der Waals surface area contributed by atoms with Crippen LogP contribution in [-0.4, -0.2) is 23.0 Å². The van der Waals surface area contributed by atoms with E-state index in [1.807, 2.05) is 0 Å². The van der Waals surface area contributed by atoms with E-state index in [-0.39, 0.29) is 10.9 Å². The quantitative estimate of drug-likeness (QED) is 0.837. The molecule has 4 nitrogen and oxygen atoms in total. The Morgan fingerprint density at radius 3 is 2.48 bits per heavy atom. The molecule has 0 fully saturated rings. The van der Waals surface area contributed by atoms with Gasteiger partial charge in [-0.15, -0.1) is 0 Å². The van der Waals surface area contributed by atoms with Crippen molar-refractivity contribution < 1.29 is 27.9 Å². The summed E-state index contributed by atoms with van der Waals surface area (Å²) in [5.41, 5.74) is -1.60. The summed E-state index contributed by atoms with van der Waals surface area (Å²) in [5.74, 6) is -2.07. The number of hydrogen-bond donors (Lipinski definition) is 2. The number of rotatable bonds is 5. The lowest BCUT2D eigenvalue weighted by atomic mass is 10.0. The van der Waals surface area contributed by atoms with Gasteiger partial charge >= 0.3 is 12.1 Å². The van der Waals surface area contributed by atoms with Crippen LogP contribution in [0, 0.1) is 0 Å². The predicted molar refractivity (Wildman–Crippen MR) is 72.9 cm³/mol. The Balaban J connectivity index is 3.04. The third kappa shape index (κ3) is 5.04. The van der Waals surface area contributed by atoms with Gasteiger partial charge in [0.05, 0.1) is 17.5 Å². The number of carbonyl (C=O) groups excluding carboxylic acids is 1. The van der Waals surface area contributed by atoms with E-state index in [1.165, 1.54) is 6.07 Å². The fourth-order valence-corrected chi connectivity index (χ4v) is 2.08. The van der Waals surface area contributed by atoms with E-state index < -0.39 is 35.2 Å². The Labute approximate surface area is 127 Å². The molecule has 2 N–H and O–H groups in total. The number of nitrogens with one attached hydrogen (secondary N) is 1. The number of carboxylic acids is 1.